The van der Waals surface area contributed by atoms with Crippen LogP contribution in [0.1, 0.15) is 25.5 Å². The van der Waals surface area contributed by atoms with Gasteiger partial charge in [0.15, 0.2) is 0 Å². The van der Waals surface area contributed by atoms with Crippen molar-refractivity contribution in [2.24, 2.45) is 0 Å². The van der Waals surface area contributed by atoms with Crippen molar-refractivity contribution in [3.63, 3.8) is 0 Å². The molecule has 1 aromatic heterocycles. The fourth-order valence-corrected chi connectivity index (χ4v) is 2.86. The average molecular weight is 207 g/mol. The third-order valence-electron chi connectivity index (χ3n) is 2.34. The quantitative estimate of drug-likeness (QED) is 0.716. The molecule has 0 saturated carbocycles. The fraction of sp³-hybridized carbons (Fsp3) is 0.364. The maximum atomic E-state index is 5.99. The Hall–Kier alpha value is -1.09. The molecular formula is C11H15N2S+. The molecule has 2 N–H and O–H groups in total. The SMILES string of the molecule is Cc1ccc2c(c1)sc(N)[n+]2C(C)C. The van der Waals surface area contributed by atoms with Gasteiger partial charge in [-0.05, 0) is 49.8 Å². The number of hydrogen-bond acceptors (Lipinski definition) is 2. The number of nitrogens with two attached hydrogens (primary N) is 1. The smallest absolute Gasteiger partial charge is 0.278 e. The minimum Gasteiger partial charge on any atom is -0.278 e. The van der Waals surface area contributed by atoms with Crippen molar-refractivity contribution in [1.29, 1.82) is 0 Å². The van der Waals surface area contributed by atoms with Crippen molar-refractivity contribution in [2.75, 3.05) is 5.73 Å². The van der Waals surface area contributed by atoms with Gasteiger partial charge in [-0.25, -0.2) is 4.57 Å². The van der Waals surface area contributed by atoms with E-state index >= 15 is 0 Å². The summed E-state index contributed by atoms with van der Waals surface area (Å²) in [5.41, 5.74) is 8.52. The molecule has 0 fully saturated rings. The highest BCUT2D eigenvalue weighted by Crippen LogP contribution is 2.24. The van der Waals surface area contributed by atoms with E-state index in [1.165, 1.54) is 15.8 Å². The summed E-state index contributed by atoms with van der Waals surface area (Å²) < 4.78 is 3.45. The minimum absolute atomic E-state index is 0.423. The molecule has 0 spiro atoms. The van der Waals surface area contributed by atoms with Crippen molar-refractivity contribution >= 4 is 26.7 Å². The van der Waals surface area contributed by atoms with Gasteiger partial charge in [0, 0.05) is 0 Å². The van der Waals surface area contributed by atoms with Gasteiger partial charge in [0.1, 0.15) is 5.52 Å². The lowest BCUT2D eigenvalue weighted by Gasteiger charge is -2.02. The fourth-order valence-electron chi connectivity index (χ4n) is 1.72. The first-order valence-corrected chi connectivity index (χ1v) is 5.61. The molecule has 0 aliphatic rings. The molecule has 14 heavy (non-hydrogen) atoms. The summed E-state index contributed by atoms with van der Waals surface area (Å²) in [6, 6.07) is 6.90. The molecule has 0 bridgehead atoms. The maximum absolute atomic E-state index is 5.99. The van der Waals surface area contributed by atoms with E-state index in [9.17, 15) is 0 Å². The normalized spacial score (nSPS) is 11.4. The molecule has 1 aromatic carbocycles. The number of hydrogen-bond donors (Lipinski definition) is 1. The molecule has 0 aliphatic carbocycles. The second-order valence-electron chi connectivity index (χ2n) is 3.88. The van der Waals surface area contributed by atoms with Gasteiger partial charge in [-0.3, -0.25) is 5.73 Å². The lowest BCUT2D eigenvalue weighted by atomic mass is 10.2. The summed E-state index contributed by atoms with van der Waals surface area (Å²) in [5, 5.41) is 0.889. The van der Waals surface area contributed by atoms with Gasteiger partial charge in [-0.15, -0.1) is 0 Å². The standard InChI is InChI=1S/C11H14N2S/c1-7(2)13-9-5-4-8(3)6-10(9)14-11(13)12/h4-7,12H,1-3H3/p+1. The third-order valence-corrected chi connectivity index (χ3v) is 3.30. The Bertz CT molecular complexity index is 471. The van der Waals surface area contributed by atoms with E-state index in [2.05, 4.69) is 43.5 Å². The molecule has 3 heteroatoms. The zero-order valence-corrected chi connectivity index (χ0v) is 9.56. The van der Waals surface area contributed by atoms with Crippen LogP contribution in [-0.4, -0.2) is 0 Å². The summed E-state index contributed by atoms with van der Waals surface area (Å²) in [4.78, 5) is 0. The predicted octanol–water partition coefficient (Wildman–Crippen LogP) is 2.66. The van der Waals surface area contributed by atoms with Gasteiger partial charge >= 0.3 is 5.13 Å². The summed E-state index contributed by atoms with van der Waals surface area (Å²) in [6.07, 6.45) is 0. The Morgan fingerprint density at radius 3 is 2.71 bits per heavy atom. The summed E-state index contributed by atoms with van der Waals surface area (Å²) in [6.45, 7) is 6.42. The first-order chi connectivity index (χ1) is 6.59. The van der Waals surface area contributed by atoms with E-state index in [1.807, 2.05) is 0 Å². The van der Waals surface area contributed by atoms with Crippen LogP contribution < -0.4 is 10.3 Å². The largest absolute Gasteiger partial charge is 0.332 e. The molecule has 0 saturated heterocycles. The molecule has 0 unspecified atom stereocenters. The molecule has 0 radical (unpaired) electrons. The third kappa shape index (κ3) is 1.38. The summed E-state index contributed by atoms with van der Waals surface area (Å²) >= 11 is 1.66. The Morgan fingerprint density at radius 1 is 1.36 bits per heavy atom. The van der Waals surface area contributed by atoms with Crippen LogP contribution in [0.4, 0.5) is 5.13 Å². The van der Waals surface area contributed by atoms with Gasteiger partial charge < -0.3 is 0 Å². The Morgan fingerprint density at radius 2 is 2.07 bits per heavy atom. The number of rotatable bonds is 1. The van der Waals surface area contributed by atoms with E-state index < -0.39 is 0 Å². The lowest BCUT2D eigenvalue weighted by Crippen LogP contribution is -2.37. The van der Waals surface area contributed by atoms with Crippen LogP contribution >= 0.6 is 11.3 Å². The number of thiazole rings is 1. The average Bonchev–Trinajstić information content (AvgIpc) is 2.39. The zero-order valence-electron chi connectivity index (χ0n) is 8.74. The summed E-state index contributed by atoms with van der Waals surface area (Å²) in [7, 11) is 0. The van der Waals surface area contributed by atoms with Crippen molar-refractivity contribution in [3.8, 4) is 0 Å². The number of aryl methyl sites for hydroxylation is 1. The number of fused-ring (bicyclic) bond motifs is 1. The molecule has 2 nitrogen and oxygen atoms in total. The van der Waals surface area contributed by atoms with Gasteiger partial charge in [0.25, 0.3) is 0 Å². The van der Waals surface area contributed by atoms with E-state index in [0.717, 1.165) is 5.13 Å². The van der Waals surface area contributed by atoms with Crippen LogP contribution in [-0.2, 0) is 0 Å². The maximum Gasteiger partial charge on any atom is 0.332 e. The van der Waals surface area contributed by atoms with Crippen molar-refractivity contribution in [3.05, 3.63) is 23.8 Å². The second-order valence-corrected chi connectivity index (χ2v) is 4.94. The van der Waals surface area contributed by atoms with E-state index in [4.69, 9.17) is 5.73 Å². The van der Waals surface area contributed by atoms with Gasteiger partial charge in [-0.2, -0.15) is 0 Å². The van der Waals surface area contributed by atoms with Crippen LogP contribution in [0.2, 0.25) is 0 Å². The monoisotopic (exact) mass is 207 g/mol. The van der Waals surface area contributed by atoms with Crippen molar-refractivity contribution < 1.29 is 4.57 Å². The van der Waals surface area contributed by atoms with E-state index in [0.29, 0.717) is 6.04 Å². The molecule has 2 aromatic rings. The lowest BCUT2D eigenvalue weighted by molar-refractivity contribution is -0.673. The molecule has 0 aliphatic heterocycles. The van der Waals surface area contributed by atoms with Crippen LogP contribution in [0.5, 0.6) is 0 Å². The van der Waals surface area contributed by atoms with Crippen LogP contribution in [0.3, 0.4) is 0 Å². The Kier molecular flexibility index (Phi) is 2.19. The highest BCUT2D eigenvalue weighted by molar-refractivity contribution is 7.21. The number of aromatic nitrogens is 1. The minimum atomic E-state index is 0.423. The Labute approximate surface area is 88.0 Å². The zero-order chi connectivity index (χ0) is 10.3. The van der Waals surface area contributed by atoms with Gasteiger partial charge in [-0.1, -0.05) is 6.07 Å². The topological polar surface area (TPSA) is 29.9 Å². The van der Waals surface area contributed by atoms with Crippen molar-refractivity contribution in [1.82, 2.24) is 0 Å². The van der Waals surface area contributed by atoms with E-state index in [-0.39, 0.29) is 0 Å². The van der Waals surface area contributed by atoms with Gasteiger partial charge in [0.2, 0.25) is 0 Å². The number of nitrogen functional groups attached to an aromatic ring is 1. The molecule has 0 amide bonds. The van der Waals surface area contributed by atoms with E-state index in [1.54, 1.807) is 11.3 Å². The molecule has 1 heterocycles. The van der Waals surface area contributed by atoms with Crippen LogP contribution in [0.25, 0.3) is 10.2 Å². The highest BCUT2D eigenvalue weighted by Gasteiger charge is 2.16. The van der Waals surface area contributed by atoms with Gasteiger partial charge in [0.05, 0.1) is 10.7 Å². The first kappa shape index (κ1) is 9.46. The van der Waals surface area contributed by atoms with Crippen LogP contribution in [0, 0.1) is 6.92 Å². The van der Waals surface area contributed by atoms with Crippen LogP contribution in [0.15, 0.2) is 18.2 Å². The van der Waals surface area contributed by atoms with Crippen molar-refractivity contribution in [2.45, 2.75) is 26.8 Å². The Balaban J connectivity index is 2.77. The molecule has 0 atom stereocenters. The molecule has 74 valence electrons. The number of anilines is 1. The molecule has 2 rings (SSSR count). The summed E-state index contributed by atoms with van der Waals surface area (Å²) in [5.74, 6) is 0. The number of benzene rings is 1. The highest BCUT2D eigenvalue weighted by atomic mass is 32.1. The molecular weight excluding hydrogens is 192 g/mol. The predicted molar refractivity (Wildman–Crippen MR) is 61.6 cm³/mol. The number of nitrogens with zero attached hydrogens (tertiary/aromatic N) is 1. The first-order valence-electron chi connectivity index (χ1n) is 4.80. The second kappa shape index (κ2) is 3.24.